The summed E-state index contributed by atoms with van der Waals surface area (Å²) in [6, 6.07) is 0. The number of methoxy groups -OCH3 is 1. The van der Waals surface area contributed by atoms with Crippen LogP contribution in [0.3, 0.4) is 0 Å². The summed E-state index contributed by atoms with van der Waals surface area (Å²) >= 11 is 0. The van der Waals surface area contributed by atoms with Crippen molar-refractivity contribution >= 4 is 5.97 Å². The molecular formula is C9H14O4. The number of hydrogen-bond donors (Lipinski definition) is 2. The van der Waals surface area contributed by atoms with Crippen LogP contribution in [0.5, 0.6) is 0 Å². The first-order valence-electron chi connectivity index (χ1n) is 3.99. The third-order valence-electron chi connectivity index (χ3n) is 1.33. The lowest BCUT2D eigenvalue weighted by atomic mass is 10.1. The number of aliphatic hydroxyl groups excluding tert-OH is 2. The molecule has 0 radical (unpaired) electrons. The number of carbonyl (C=O) groups excluding carboxylic acids is 1. The number of ether oxygens (including phenoxy) is 1. The van der Waals surface area contributed by atoms with E-state index in [1.54, 1.807) is 6.92 Å². The fraction of sp³-hybridized carbons (Fsp3) is 0.667. The van der Waals surface area contributed by atoms with Crippen LogP contribution < -0.4 is 0 Å². The van der Waals surface area contributed by atoms with Crippen LogP contribution in [-0.4, -0.2) is 35.5 Å². The highest BCUT2D eigenvalue weighted by molar-refractivity contribution is 5.88. The van der Waals surface area contributed by atoms with Gasteiger partial charge in [-0.2, -0.15) is 0 Å². The molecule has 0 saturated heterocycles. The molecule has 0 aliphatic carbocycles. The highest BCUT2D eigenvalue weighted by Gasteiger charge is 2.05. The average Bonchev–Trinajstić information content (AvgIpc) is 2.02. The minimum Gasteiger partial charge on any atom is -0.459 e. The Morgan fingerprint density at radius 2 is 2.15 bits per heavy atom. The second kappa shape index (κ2) is 6.46. The molecule has 0 amide bonds. The van der Waals surface area contributed by atoms with E-state index in [9.17, 15) is 9.90 Å². The number of aliphatic hydroxyl groups is 2. The first kappa shape index (κ1) is 11.9. The predicted octanol–water partition coefficient (Wildman–Crippen LogP) is -0.315. The van der Waals surface area contributed by atoms with Crippen molar-refractivity contribution in [2.24, 2.45) is 0 Å². The number of hydrogen-bond acceptors (Lipinski definition) is 4. The van der Waals surface area contributed by atoms with Gasteiger partial charge < -0.3 is 14.9 Å². The first-order chi connectivity index (χ1) is 6.06. The highest BCUT2D eigenvalue weighted by Crippen LogP contribution is 2.00. The van der Waals surface area contributed by atoms with E-state index in [2.05, 4.69) is 16.6 Å². The van der Waals surface area contributed by atoms with Gasteiger partial charge in [0.2, 0.25) is 0 Å². The topological polar surface area (TPSA) is 66.8 Å². The molecule has 13 heavy (non-hydrogen) atoms. The summed E-state index contributed by atoms with van der Waals surface area (Å²) < 4.78 is 4.27. The molecule has 4 nitrogen and oxygen atoms in total. The zero-order valence-electron chi connectivity index (χ0n) is 7.78. The Hall–Kier alpha value is -1.05. The average molecular weight is 186 g/mol. The number of esters is 1. The van der Waals surface area contributed by atoms with Gasteiger partial charge in [0.25, 0.3) is 0 Å². The van der Waals surface area contributed by atoms with Crippen molar-refractivity contribution in [2.45, 2.75) is 32.0 Å². The fourth-order valence-electron chi connectivity index (χ4n) is 0.769. The molecular weight excluding hydrogens is 172 g/mol. The maximum absolute atomic E-state index is 10.5. The van der Waals surface area contributed by atoms with Crippen LogP contribution in [0.15, 0.2) is 0 Å². The fourth-order valence-corrected chi connectivity index (χ4v) is 0.769. The molecule has 0 aromatic carbocycles. The molecule has 4 heteroatoms. The van der Waals surface area contributed by atoms with E-state index in [0.717, 1.165) is 0 Å². The standard InChI is InChI=1S/C9H14O4/c1-7(10)6-8(11)4-3-5-9(12)13-2/h7-8,10-11H,4,6H2,1-2H3/t7-,8+/m1/s1. The first-order valence-corrected chi connectivity index (χ1v) is 3.99. The Morgan fingerprint density at radius 1 is 1.54 bits per heavy atom. The summed E-state index contributed by atoms with van der Waals surface area (Å²) in [7, 11) is 1.24. The summed E-state index contributed by atoms with van der Waals surface area (Å²) in [4.78, 5) is 10.5. The number of rotatable bonds is 3. The van der Waals surface area contributed by atoms with Crippen molar-refractivity contribution in [3.63, 3.8) is 0 Å². The third-order valence-corrected chi connectivity index (χ3v) is 1.33. The Balaban J connectivity index is 3.72. The molecule has 0 aromatic heterocycles. The van der Waals surface area contributed by atoms with E-state index < -0.39 is 18.2 Å². The molecule has 0 unspecified atom stereocenters. The van der Waals surface area contributed by atoms with Crippen LogP contribution in [0.1, 0.15) is 19.8 Å². The molecule has 0 aliphatic rings. The van der Waals surface area contributed by atoms with Crippen LogP contribution in [0.25, 0.3) is 0 Å². The Labute approximate surface area is 77.5 Å². The summed E-state index contributed by atoms with van der Waals surface area (Å²) in [6.45, 7) is 1.58. The molecule has 2 N–H and O–H groups in total. The highest BCUT2D eigenvalue weighted by atomic mass is 16.5. The van der Waals surface area contributed by atoms with Crippen molar-refractivity contribution in [1.82, 2.24) is 0 Å². The Kier molecular flexibility index (Phi) is 5.94. The van der Waals surface area contributed by atoms with Crippen molar-refractivity contribution in [1.29, 1.82) is 0 Å². The molecule has 0 aromatic rings. The molecule has 0 saturated carbocycles. The van der Waals surface area contributed by atoms with Crippen molar-refractivity contribution in [3.05, 3.63) is 0 Å². The predicted molar refractivity (Wildman–Crippen MR) is 46.7 cm³/mol. The smallest absolute Gasteiger partial charge is 0.384 e. The molecule has 0 aliphatic heterocycles. The zero-order chi connectivity index (χ0) is 10.3. The quantitative estimate of drug-likeness (QED) is 0.360. The van der Waals surface area contributed by atoms with Gasteiger partial charge in [-0.25, -0.2) is 4.79 Å². The van der Waals surface area contributed by atoms with E-state index in [1.165, 1.54) is 7.11 Å². The summed E-state index contributed by atoms with van der Waals surface area (Å²) in [5, 5.41) is 18.1. The molecule has 0 fully saturated rings. The van der Waals surface area contributed by atoms with Gasteiger partial charge >= 0.3 is 5.97 Å². The van der Waals surface area contributed by atoms with E-state index in [-0.39, 0.29) is 12.8 Å². The Morgan fingerprint density at radius 3 is 2.62 bits per heavy atom. The van der Waals surface area contributed by atoms with Gasteiger partial charge in [-0.05, 0) is 13.3 Å². The summed E-state index contributed by atoms with van der Waals surface area (Å²) in [5.74, 6) is 4.02. The molecule has 0 spiro atoms. The zero-order valence-corrected chi connectivity index (χ0v) is 7.78. The molecule has 74 valence electrons. The van der Waals surface area contributed by atoms with Gasteiger partial charge in [0, 0.05) is 12.3 Å². The normalized spacial score (nSPS) is 13.8. The van der Waals surface area contributed by atoms with Crippen LogP contribution in [0.4, 0.5) is 0 Å². The van der Waals surface area contributed by atoms with Gasteiger partial charge in [0.15, 0.2) is 0 Å². The number of carbonyl (C=O) groups is 1. The maximum Gasteiger partial charge on any atom is 0.384 e. The van der Waals surface area contributed by atoms with E-state index in [4.69, 9.17) is 5.11 Å². The lowest BCUT2D eigenvalue weighted by Gasteiger charge is -2.07. The van der Waals surface area contributed by atoms with E-state index in [0.29, 0.717) is 0 Å². The van der Waals surface area contributed by atoms with Crippen LogP contribution >= 0.6 is 0 Å². The maximum atomic E-state index is 10.5. The van der Waals surface area contributed by atoms with E-state index >= 15 is 0 Å². The van der Waals surface area contributed by atoms with Crippen molar-refractivity contribution in [2.75, 3.05) is 7.11 Å². The van der Waals surface area contributed by atoms with Gasteiger partial charge in [-0.1, -0.05) is 5.92 Å². The van der Waals surface area contributed by atoms with Crippen molar-refractivity contribution < 1.29 is 19.7 Å². The lowest BCUT2D eigenvalue weighted by Crippen LogP contribution is -2.14. The second-order valence-corrected chi connectivity index (χ2v) is 2.74. The van der Waals surface area contributed by atoms with Gasteiger partial charge in [-0.15, -0.1) is 0 Å². The van der Waals surface area contributed by atoms with Crippen LogP contribution in [0.2, 0.25) is 0 Å². The van der Waals surface area contributed by atoms with Crippen molar-refractivity contribution in [3.8, 4) is 11.8 Å². The largest absolute Gasteiger partial charge is 0.459 e. The third kappa shape index (κ3) is 7.32. The van der Waals surface area contributed by atoms with E-state index in [1.807, 2.05) is 0 Å². The second-order valence-electron chi connectivity index (χ2n) is 2.74. The van der Waals surface area contributed by atoms with Crippen LogP contribution in [0, 0.1) is 11.8 Å². The summed E-state index contributed by atoms with van der Waals surface area (Å²) in [6.07, 6.45) is -0.831. The summed E-state index contributed by atoms with van der Waals surface area (Å²) in [5.41, 5.74) is 0. The van der Waals surface area contributed by atoms with Gasteiger partial charge in [-0.3, -0.25) is 0 Å². The van der Waals surface area contributed by atoms with Gasteiger partial charge in [0.1, 0.15) is 0 Å². The van der Waals surface area contributed by atoms with Gasteiger partial charge in [0.05, 0.1) is 19.3 Å². The molecule has 0 heterocycles. The molecule has 0 rings (SSSR count). The molecule has 2 atom stereocenters. The Bertz CT molecular complexity index is 211. The minimum absolute atomic E-state index is 0.167. The van der Waals surface area contributed by atoms with Crippen LogP contribution in [-0.2, 0) is 9.53 Å². The monoisotopic (exact) mass is 186 g/mol. The minimum atomic E-state index is -0.697. The lowest BCUT2D eigenvalue weighted by molar-refractivity contribution is -0.133. The SMILES string of the molecule is COC(=O)C#CC[C@H](O)C[C@@H](C)O. The molecule has 0 bridgehead atoms.